The van der Waals surface area contributed by atoms with Crippen molar-refractivity contribution in [2.24, 2.45) is 0 Å². The van der Waals surface area contributed by atoms with Gasteiger partial charge >= 0.3 is 0 Å². The van der Waals surface area contributed by atoms with Crippen LogP contribution in [0.4, 0.5) is 0 Å². The zero-order valence-electron chi connectivity index (χ0n) is 46.6. The summed E-state index contributed by atoms with van der Waals surface area (Å²) in [5, 5.41) is 0. The Morgan fingerprint density at radius 3 is 0.778 bits per heavy atom. The number of aryl methyl sites for hydroxylation is 12. The van der Waals surface area contributed by atoms with E-state index in [9.17, 15) is 0 Å². The van der Waals surface area contributed by atoms with Crippen molar-refractivity contribution in [1.82, 2.24) is 0 Å². The second-order valence-corrected chi connectivity index (χ2v) is 19.4. The SMILES string of the molecule is C.CCc1ccc(C)cc1.CCc1ccc(CC)cc1.CCc1cccc(CC)c1.CCc1ccccc1CC.Cc1ccc(C(C)(C)c2ccc(C)cc2)cc1.Cc1ccc(Cc2ccc(C)cc2)cc1. The summed E-state index contributed by atoms with van der Waals surface area (Å²) in [6.45, 7) is 30.5. The minimum absolute atomic E-state index is 0. The summed E-state index contributed by atoms with van der Waals surface area (Å²) < 4.78 is 0. The van der Waals surface area contributed by atoms with E-state index >= 15 is 0 Å². The fourth-order valence-electron chi connectivity index (χ4n) is 7.91. The van der Waals surface area contributed by atoms with E-state index in [1.165, 1.54) is 89.0 Å². The molecule has 382 valence electrons. The van der Waals surface area contributed by atoms with Gasteiger partial charge in [0.25, 0.3) is 0 Å². The van der Waals surface area contributed by atoms with E-state index in [-0.39, 0.29) is 12.8 Å². The summed E-state index contributed by atoms with van der Waals surface area (Å²) in [6.07, 6.45) is 9.06. The molecule has 0 nitrogen and oxygen atoms in total. The zero-order chi connectivity index (χ0) is 52.0. The van der Waals surface area contributed by atoms with Crippen molar-refractivity contribution in [2.45, 2.75) is 161 Å². The molecule has 0 atom stereocenters. The molecule has 0 fully saturated rings. The average molecular weight is 960 g/mol. The van der Waals surface area contributed by atoms with E-state index in [4.69, 9.17) is 0 Å². The van der Waals surface area contributed by atoms with Gasteiger partial charge in [0.05, 0.1) is 0 Å². The summed E-state index contributed by atoms with van der Waals surface area (Å²) >= 11 is 0. The van der Waals surface area contributed by atoms with Crippen LogP contribution in [0.3, 0.4) is 0 Å². The second kappa shape index (κ2) is 34.2. The van der Waals surface area contributed by atoms with Crippen molar-refractivity contribution < 1.29 is 0 Å². The van der Waals surface area contributed by atoms with Gasteiger partial charge in [0, 0.05) is 5.41 Å². The maximum atomic E-state index is 2.28. The Labute approximate surface area is 442 Å². The van der Waals surface area contributed by atoms with Crippen molar-refractivity contribution in [3.05, 3.63) is 283 Å². The van der Waals surface area contributed by atoms with Gasteiger partial charge in [-0.1, -0.05) is 292 Å². The highest BCUT2D eigenvalue weighted by Crippen LogP contribution is 2.31. The molecule has 0 saturated carbocycles. The van der Waals surface area contributed by atoms with Crippen molar-refractivity contribution in [1.29, 1.82) is 0 Å². The van der Waals surface area contributed by atoms with Gasteiger partial charge in [-0.15, -0.1) is 0 Å². The van der Waals surface area contributed by atoms with Crippen LogP contribution in [-0.4, -0.2) is 0 Å². The predicted octanol–water partition coefficient (Wildman–Crippen LogP) is 20.2. The van der Waals surface area contributed by atoms with Gasteiger partial charge in [0.2, 0.25) is 0 Å². The lowest BCUT2D eigenvalue weighted by atomic mass is 9.78. The first kappa shape index (κ1) is 61.9. The summed E-state index contributed by atoms with van der Waals surface area (Å²) in [7, 11) is 0. The molecule has 0 spiro atoms. The minimum atomic E-state index is 0. The first-order valence-corrected chi connectivity index (χ1v) is 26.7. The van der Waals surface area contributed by atoms with E-state index in [0.717, 1.165) is 51.4 Å². The van der Waals surface area contributed by atoms with Crippen LogP contribution >= 0.6 is 0 Å². The largest absolute Gasteiger partial charge is 0.0776 e. The quantitative estimate of drug-likeness (QED) is 0.121. The highest BCUT2D eigenvalue weighted by Gasteiger charge is 2.22. The summed E-state index contributed by atoms with van der Waals surface area (Å²) in [5.41, 5.74) is 22.3. The van der Waals surface area contributed by atoms with Gasteiger partial charge in [-0.2, -0.15) is 0 Å². The van der Waals surface area contributed by atoms with Crippen LogP contribution < -0.4 is 0 Å². The smallest absolute Gasteiger partial charge is 0.0146 e. The van der Waals surface area contributed by atoms with Crippen molar-refractivity contribution in [2.75, 3.05) is 0 Å². The van der Waals surface area contributed by atoms with Crippen LogP contribution in [0, 0.1) is 34.6 Å². The van der Waals surface area contributed by atoms with Crippen LogP contribution in [-0.2, 0) is 56.8 Å². The number of hydrogen-bond acceptors (Lipinski definition) is 0. The Kier molecular flexibility index (Phi) is 29.4. The van der Waals surface area contributed by atoms with Crippen molar-refractivity contribution in [3.8, 4) is 0 Å². The Bertz CT molecular complexity index is 2450. The average Bonchev–Trinajstić information content (AvgIpc) is 3.41. The molecule has 72 heavy (non-hydrogen) atoms. The molecule has 8 aromatic rings. The molecule has 0 aliphatic rings. The number of benzene rings is 8. The van der Waals surface area contributed by atoms with Gasteiger partial charge in [-0.05, 0) is 147 Å². The molecule has 0 aliphatic heterocycles. The molecule has 0 heterocycles. The normalized spacial score (nSPS) is 10.1. The van der Waals surface area contributed by atoms with Crippen LogP contribution in [0.1, 0.15) is 159 Å². The van der Waals surface area contributed by atoms with E-state index < -0.39 is 0 Å². The van der Waals surface area contributed by atoms with Gasteiger partial charge in [-0.25, -0.2) is 0 Å². The predicted molar refractivity (Wildman–Crippen MR) is 323 cm³/mol. The lowest BCUT2D eigenvalue weighted by molar-refractivity contribution is 0.640. The molecule has 0 saturated heterocycles. The molecular weight excluding hydrogens is 865 g/mol. The third-order valence-corrected chi connectivity index (χ3v) is 13.3. The van der Waals surface area contributed by atoms with Crippen LogP contribution in [0.5, 0.6) is 0 Å². The minimum Gasteiger partial charge on any atom is -0.0776 e. The fourth-order valence-corrected chi connectivity index (χ4v) is 7.91. The molecule has 0 amide bonds. The molecule has 0 aromatic heterocycles. The molecular formula is C72H94. The van der Waals surface area contributed by atoms with E-state index in [0.29, 0.717) is 0 Å². The third-order valence-electron chi connectivity index (χ3n) is 13.3. The topological polar surface area (TPSA) is 0 Å². The van der Waals surface area contributed by atoms with Crippen LogP contribution in [0.25, 0.3) is 0 Å². The second-order valence-electron chi connectivity index (χ2n) is 19.4. The molecule has 0 radical (unpaired) electrons. The lowest BCUT2D eigenvalue weighted by Crippen LogP contribution is -2.18. The van der Waals surface area contributed by atoms with E-state index in [1.807, 2.05) is 0 Å². The Morgan fingerprint density at radius 1 is 0.264 bits per heavy atom. The number of rotatable bonds is 11. The standard InChI is InChI=1S/C17H20.C15H16.3C10H14.C9H12.CH4/c1-13-5-9-15(10-6-13)17(3,4)16-11-7-14(2)8-12-16;1-12-3-7-14(8-4-12)11-15-9-5-13(2)6-10-15;1-3-9-5-7-10(4-2)8-6-9;1-3-9-6-5-7-10(4-2)8-9;1-3-9-7-5-6-8-10(9)4-2;1-3-9-6-4-8(2)5-7-9;/h5-12H,1-4H3;3-10H,11H2,1-2H3;3*5-8H,3-4H2,1-2H3;4-7H,3H2,1-2H3;1H4. The maximum absolute atomic E-state index is 2.28. The first-order chi connectivity index (χ1) is 34.2. The van der Waals surface area contributed by atoms with Crippen molar-refractivity contribution in [3.63, 3.8) is 0 Å². The molecule has 0 unspecified atom stereocenters. The summed E-state index contributed by atoms with van der Waals surface area (Å²) in [4.78, 5) is 0. The fraction of sp³-hybridized carbons (Fsp3) is 0.333. The van der Waals surface area contributed by atoms with Crippen LogP contribution in [0.15, 0.2) is 194 Å². The molecule has 0 heteroatoms. The number of hydrogen-bond donors (Lipinski definition) is 0. The molecule has 8 aromatic carbocycles. The maximum Gasteiger partial charge on any atom is 0.0146 e. The van der Waals surface area contributed by atoms with E-state index in [1.54, 1.807) is 0 Å². The van der Waals surface area contributed by atoms with Gasteiger partial charge in [0.1, 0.15) is 0 Å². The summed E-state index contributed by atoms with van der Waals surface area (Å²) in [6, 6.07) is 70.1. The summed E-state index contributed by atoms with van der Waals surface area (Å²) in [5.74, 6) is 0. The molecule has 0 aliphatic carbocycles. The monoisotopic (exact) mass is 959 g/mol. The van der Waals surface area contributed by atoms with Gasteiger partial charge in [-0.3, -0.25) is 0 Å². The molecule has 0 N–H and O–H groups in total. The Morgan fingerprint density at radius 2 is 0.514 bits per heavy atom. The Hall–Kier alpha value is -6.24. The highest BCUT2D eigenvalue weighted by molar-refractivity contribution is 5.39. The third kappa shape index (κ3) is 22.9. The van der Waals surface area contributed by atoms with Crippen LogP contribution in [0.2, 0.25) is 0 Å². The van der Waals surface area contributed by atoms with Gasteiger partial charge < -0.3 is 0 Å². The first-order valence-electron chi connectivity index (χ1n) is 26.7. The van der Waals surface area contributed by atoms with Gasteiger partial charge in [0.15, 0.2) is 0 Å². The Balaban J connectivity index is 0.000000300. The molecule has 0 bridgehead atoms. The highest BCUT2D eigenvalue weighted by atomic mass is 14.3. The lowest BCUT2D eigenvalue weighted by Gasteiger charge is -2.26. The van der Waals surface area contributed by atoms with E-state index in [2.05, 4.69) is 291 Å². The molecule has 8 rings (SSSR count). The zero-order valence-corrected chi connectivity index (χ0v) is 46.6. The van der Waals surface area contributed by atoms with Crippen molar-refractivity contribution >= 4 is 0 Å².